The summed E-state index contributed by atoms with van der Waals surface area (Å²) in [4.78, 5) is 2.45. The molecule has 3 aromatic carbocycles. The van der Waals surface area contributed by atoms with E-state index in [0.717, 1.165) is 12.8 Å². The third-order valence-corrected chi connectivity index (χ3v) is 7.65. The first kappa shape index (κ1) is 21.8. The van der Waals surface area contributed by atoms with Crippen LogP contribution in [0.1, 0.15) is 61.6 Å². The molecule has 0 saturated heterocycles. The minimum atomic E-state index is 0.222. The van der Waals surface area contributed by atoms with Crippen LogP contribution >= 0.6 is 0 Å². The third-order valence-electron chi connectivity index (χ3n) is 7.65. The quantitative estimate of drug-likeness (QED) is 0.388. The molecule has 0 amide bonds. The van der Waals surface area contributed by atoms with Crippen LogP contribution in [0.5, 0.6) is 0 Å². The average Bonchev–Trinajstić information content (AvgIpc) is 2.88. The molecule has 1 nitrogen and oxygen atoms in total. The number of hydrogen-bond donors (Lipinski definition) is 0. The smallest absolute Gasteiger partial charge is 0.0458 e. The van der Waals surface area contributed by atoms with Crippen molar-refractivity contribution in [2.45, 2.75) is 64.2 Å². The van der Waals surface area contributed by atoms with E-state index in [1.54, 1.807) is 5.57 Å². The number of hydrogen-bond acceptors (Lipinski definition) is 1. The lowest BCUT2D eigenvalue weighted by atomic mass is 9.63. The van der Waals surface area contributed by atoms with Crippen LogP contribution in [0.4, 0.5) is 11.4 Å². The Morgan fingerprint density at radius 1 is 0.606 bits per heavy atom. The van der Waals surface area contributed by atoms with E-state index in [4.69, 9.17) is 0 Å². The van der Waals surface area contributed by atoms with Crippen molar-refractivity contribution >= 4 is 11.4 Å². The maximum atomic E-state index is 2.46. The minimum absolute atomic E-state index is 0.222. The molecule has 3 aromatic rings. The van der Waals surface area contributed by atoms with E-state index in [-0.39, 0.29) is 5.41 Å². The van der Waals surface area contributed by atoms with E-state index >= 15 is 0 Å². The van der Waals surface area contributed by atoms with Crippen LogP contribution < -0.4 is 4.90 Å². The maximum absolute atomic E-state index is 2.46. The largest absolute Gasteiger partial charge is 0.314 e. The monoisotopic (exact) mass is 433 g/mol. The van der Waals surface area contributed by atoms with Gasteiger partial charge in [0.05, 0.1) is 0 Å². The molecule has 5 rings (SSSR count). The normalized spacial score (nSPS) is 17.8. The molecule has 1 fully saturated rings. The van der Waals surface area contributed by atoms with Gasteiger partial charge in [0.2, 0.25) is 0 Å². The van der Waals surface area contributed by atoms with Gasteiger partial charge in [-0.15, -0.1) is 0 Å². The summed E-state index contributed by atoms with van der Waals surface area (Å²) < 4.78 is 0. The summed E-state index contributed by atoms with van der Waals surface area (Å²) in [5, 5.41) is 0. The van der Waals surface area contributed by atoms with Gasteiger partial charge in [-0.1, -0.05) is 96.6 Å². The van der Waals surface area contributed by atoms with Gasteiger partial charge in [-0.25, -0.2) is 0 Å². The summed E-state index contributed by atoms with van der Waals surface area (Å²) in [6.45, 7) is 4.31. The number of aryl methyl sites for hydroxylation is 2. The maximum Gasteiger partial charge on any atom is 0.0458 e. The van der Waals surface area contributed by atoms with Gasteiger partial charge in [0, 0.05) is 22.5 Å². The highest BCUT2D eigenvalue weighted by atomic mass is 15.1. The van der Waals surface area contributed by atoms with Crippen molar-refractivity contribution in [2.24, 2.45) is 0 Å². The predicted molar refractivity (Wildman–Crippen MR) is 141 cm³/mol. The first-order valence-electron chi connectivity index (χ1n) is 12.5. The minimum Gasteiger partial charge on any atom is -0.314 e. The number of anilines is 2. The summed E-state index contributed by atoms with van der Waals surface area (Å²) in [5.41, 5.74) is 9.82. The molecule has 1 saturated carbocycles. The van der Waals surface area contributed by atoms with Gasteiger partial charge in [0.25, 0.3) is 0 Å². The average molecular weight is 434 g/mol. The van der Waals surface area contributed by atoms with E-state index in [0.29, 0.717) is 0 Å². The van der Waals surface area contributed by atoms with Crippen molar-refractivity contribution in [2.75, 3.05) is 4.90 Å². The summed E-state index contributed by atoms with van der Waals surface area (Å²) >= 11 is 0. The number of allylic oxidation sites excluding steroid dienone is 4. The highest BCUT2D eigenvalue weighted by Gasteiger charge is 2.37. The molecule has 1 heteroatoms. The standard InChI is InChI=1S/C32H35N/c1-25-11-17-29(18-12-25)33(30-19-13-26(2)14-20-30)31-21-15-28(16-22-31)32(23-7-4-8-24-32)27-9-5-3-6-10-27/h3,5-6,9-15,17-21H,4,7-8,16,22-24H2,1-2H3. The molecule has 0 radical (unpaired) electrons. The van der Waals surface area contributed by atoms with E-state index in [1.807, 2.05) is 0 Å². The second-order valence-electron chi connectivity index (χ2n) is 9.87. The number of rotatable bonds is 5. The molecule has 0 aromatic heterocycles. The van der Waals surface area contributed by atoms with Crippen LogP contribution in [0.15, 0.2) is 102 Å². The van der Waals surface area contributed by atoms with Crippen LogP contribution in [0.2, 0.25) is 0 Å². The molecule has 33 heavy (non-hydrogen) atoms. The van der Waals surface area contributed by atoms with Gasteiger partial charge in [0.15, 0.2) is 0 Å². The van der Waals surface area contributed by atoms with Crippen LogP contribution in [0, 0.1) is 13.8 Å². The first-order valence-corrected chi connectivity index (χ1v) is 12.5. The summed E-state index contributed by atoms with van der Waals surface area (Å²) in [7, 11) is 0. The van der Waals surface area contributed by atoms with Gasteiger partial charge in [-0.3, -0.25) is 0 Å². The second kappa shape index (κ2) is 9.43. The fraction of sp³-hybridized carbons (Fsp3) is 0.312. The zero-order chi connectivity index (χ0) is 22.7. The van der Waals surface area contributed by atoms with E-state index in [9.17, 15) is 0 Å². The van der Waals surface area contributed by atoms with Gasteiger partial charge < -0.3 is 4.90 Å². The van der Waals surface area contributed by atoms with Gasteiger partial charge in [0.1, 0.15) is 0 Å². The Labute approximate surface area is 199 Å². The molecular formula is C32H35N. The van der Waals surface area contributed by atoms with Crippen molar-refractivity contribution in [3.63, 3.8) is 0 Å². The second-order valence-corrected chi connectivity index (χ2v) is 9.87. The van der Waals surface area contributed by atoms with Gasteiger partial charge in [-0.05, 0) is 75.4 Å². The van der Waals surface area contributed by atoms with Crippen LogP contribution in [0.3, 0.4) is 0 Å². The molecule has 2 aliphatic carbocycles. The molecule has 168 valence electrons. The predicted octanol–water partition coefficient (Wildman–Crippen LogP) is 8.95. The third kappa shape index (κ3) is 4.42. The van der Waals surface area contributed by atoms with Crippen molar-refractivity contribution in [3.05, 3.63) is 119 Å². The lowest BCUT2D eigenvalue weighted by molar-refractivity contribution is 0.331. The first-order chi connectivity index (χ1) is 16.2. The molecule has 0 spiro atoms. The Morgan fingerprint density at radius 2 is 1.18 bits per heavy atom. The van der Waals surface area contributed by atoms with Crippen LogP contribution in [-0.4, -0.2) is 0 Å². The topological polar surface area (TPSA) is 3.24 Å². The zero-order valence-corrected chi connectivity index (χ0v) is 20.1. The van der Waals surface area contributed by atoms with Crippen LogP contribution in [-0.2, 0) is 5.41 Å². The summed E-state index contributed by atoms with van der Waals surface area (Å²) in [6.07, 6.45) is 13.7. The van der Waals surface area contributed by atoms with E-state index in [2.05, 4.69) is 110 Å². The SMILES string of the molecule is Cc1ccc(N(C2=CC=C(C3(c4ccccc4)CCCCC3)CC2)c2ccc(C)cc2)cc1. The lowest BCUT2D eigenvalue weighted by Crippen LogP contribution is -2.32. The highest BCUT2D eigenvalue weighted by molar-refractivity contribution is 5.69. The Kier molecular flexibility index (Phi) is 6.22. The highest BCUT2D eigenvalue weighted by Crippen LogP contribution is 2.48. The molecule has 0 aliphatic heterocycles. The Bertz CT molecular complexity index is 1080. The molecule has 0 atom stereocenters. The summed E-state index contributed by atoms with van der Waals surface area (Å²) in [6, 6.07) is 29.2. The van der Waals surface area contributed by atoms with Gasteiger partial charge in [-0.2, -0.15) is 0 Å². The molecular weight excluding hydrogens is 398 g/mol. The molecule has 0 bridgehead atoms. The van der Waals surface area contributed by atoms with Crippen molar-refractivity contribution in [3.8, 4) is 0 Å². The van der Waals surface area contributed by atoms with E-state index < -0.39 is 0 Å². The Balaban J connectivity index is 1.54. The van der Waals surface area contributed by atoms with Crippen molar-refractivity contribution in [1.82, 2.24) is 0 Å². The Morgan fingerprint density at radius 3 is 1.70 bits per heavy atom. The number of nitrogens with zero attached hydrogens (tertiary/aromatic N) is 1. The Hall–Kier alpha value is -3.06. The molecule has 0 heterocycles. The van der Waals surface area contributed by atoms with Crippen molar-refractivity contribution < 1.29 is 0 Å². The molecule has 2 aliphatic rings. The molecule has 0 unspecified atom stereocenters. The fourth-order valence-electron chi connectivity index (χ4n) is 5.79. The van der Waals surface area contributed by atoms with Crippen molar-refractivity contribution in [1.29, 1.82) is 0 Å². The number of benzene rings is 3. The van der Waals surface area contributed by atoms with E-state index in [1.165, 1.54) is 65.9 Å². The lowest BCUT2D eigenvalue weighted by Gasteiger charge is -2.42. The van der Waals surface area contributed by atoms with Gasteiger partial charge >= 0.3 is 0 Å². The molecule has 0 N–H and O–H groups in total. The summed E-state index contributed by atoms with van der Waals surface area (Å²) in [5.74, 6) is 0. The fourth-order valence-corrected chi connectivity index (χ4v) is 5.79. The zero-order valence-electron chi connectivity index (χ0n) is 20.1. The van der Waals surface area contributed by atoms with Crippen LogP contribution in [0.25, 0.3) is 0 Å².